The Morgan fingerprint density at radius 2 is 1.88 bits per heavy atom. The quantitative estimate of drug-likeness (QED) is 0.211. The molecule has 0 radical (unpaired) electrons. The van der Waals surface area contributed by atoms with E-state index in [1.165, 1.54) is 29.1 Å². The monoisotopic (exact) mass is 554 g/mol. The number of carbonyl (C=O) groups is 2. The Hall–Kier alpha value is -4.50. The first-order valence-electron chi connectivity index (χ1n) is 13.2. The van der Waals surface area contributed by atoms with E-state index in [0.717, 1.165) is 47.7 Å². The van der Waals surface area contributed by atoms with Crippen molar-refractivity contribution in [3.05, 3.63) is 106 Å². The lowest BCUT2D eigenvalue weighted by Gasteiger charge is -2.12. The summed E-state index contributed by atoms with van der Waals surface area (Å²) in [6.45, 7) is 0.395. The van der Waals surface area contributed by atoms with Gasteiger partial charge in [-0.3, -0.25) is 9.59 Å². The number of nitrogens with one attached hydrogen (secondary N) is 2. The molecular formula is C31H27FN4O3S. The third-order valence-corrected chi connectivity index (χ3v) is 8.17. The van der Waals surface area contributed by atoms with Crippen LogP contribution in [-0.2, 0) is 30.7 Å². The number of fused-ring (bicyclic) bond motifs is 2. The van der Waals surface area contributed by atoms with Crippen molar-refractivity contribution in [1.82, 2.24) is 9.88 Å². The van der Waals surface area contributed by atoms with Crippen LogP contribution in [0.1, 0.15) is 45.0 Å². The van der Waals surface area contributed by atoms with Gasteiger partial charge in [-0.25, -0.2) is 9.38 Å². The molecule has 202 valence electrons. The number of anilines is 1. The molecule has 2 amide bonds. The zero-order valence-electron chi connectivity index (χ0n) is 21.7. The number of aryl methyl sites for hydroxylation is 1. The molecular weight excluding hydrogens is 527 g/mol. The zero-order valence-corrected chi connectivity index (χ0v) is 22.5. The average Bonchev–Trinajstić information content (AvgIpc) is 3.70. The molecule has 6 rings (SSSR count). The number of furan rings is 1. The maximum Gasteiger partial charge on any atom is 0.255 e. The van der Waals surface area contributed by atoms with Crippen LogP contribution in [-0.4, -0.2) is 22.6 Å². The Balaban J connectivity index is 1.27. The van der Waals surface area contributed by atoms with Gasteiger partial charge >= 0.3 is 0 Å². The summed E-state index contributed by atoms with van der Waals surface area (Å²) in [5.41, 5.74) is 4.01. The number of carbonyl (C=O) groups excluding carboxylic acids is 2. The predicted octanol–water partition coefficient (Wildman–Crippen LogP) is 6.63. The van der Waals surface area contributed by atoms with Crippen LogP contribution in [0.25, 0.3) is 10.9 Å². The van der Waals surface area contributed by atoms with E-state index in [9.17, 15) is 14.0 Å². The molecule has 0 aliphatic heterocycles. The van der Waals surface area contributed by atoms with Gasteiger partial charge in [0.1, 0.15) is 23.1 Å². The van der Waals surface area contributed by atoms with Crippen molar-refractivity contribution < 1.29 is 18.4 Å². The molecule has 2 aromatic carbocycles. The molecule has 5 aromatic rings. The molecule has 0 saturated heterocycles. The van der Waals surface area contributed by atoms with Crippen molar-refractivity contribution in [2.24, 2.45) is 4.99 Å². The molecule has 9 heteroatoms. The molecule has 7 nitrogen and oxygen atoms in total. The Morgan fingerprint density at radius 3 is 2.70 bits per heavy atom. The largest absolute Gasteiger partial charge is 0.467 e. The minimum atomic E-state index is -0.358. The summed E-state index contributed by atoms with van der Waals surface area (Å²) in [5.74, 6) is -0.0398. The van der Waals surface area contributed by atoms with Crippen molar-refractivity contribution >= 4 is 51.0 Å². The predicted molar refractivity (Wildman–Crippen MR) is 155 cm³/mol. The van der Waals surface area contributed by atoms with Gasteiger partial charge in [-0.2, -0.15) is 0 Å². The fourth-order valence-electron chi connectivity index (χ4n) is 5.07. The minimum Gasteiger partial charge on any atom is -0.467 e. The second-order valence-corrected chi connectivity index (χ2v) is 10.8. The van der Waals surface area contributed by atoms with E-state index in [1.54, 1.807) is 29.9 Å². The Morgan fingerprint density at radius 1 is 1.05 bits per heavy atom. The van der Waals surface area contributed by atoms with Gasteiger partial charge in [-0.1, -0.05) is 18.2 Å². The van der Waals surface area contributed by atoms with Gasteiger partial charge in [0.15, 0.2) is 0 Å². The second kappa shape index (κ2) is 11.3. The number of aromatic nitrogens is 1. The first-order valence-corrected chi connectivity index (χ1v) is 14.0. The summed E-state index contributed by atoms with van der Waals surface area (Å²) >= 11 is 1.58. The molecule has 0 spiro atoms. The second-order valence-electron chi connectivity index (χ2n) is 9.70. The fourth-order valence-corrected chi connectivity index (χ4v) is 6.30. The molecule has 3 aromatic heterocycles. The van der Waals surface area contributed by atoms with Crippen molar-refractivity contribution in [3.8, 4) is 0 Å². The van der Waals surface area contributed by atoms with Crippen LogP contribution in [0, 0.1) is 5.82 Å². The molecule has 1 aliphatic rings. The zero-order chi connectivity index (χ0) is 27.5. The molecule has 40 heavy (non-hydrogen) atoms. The number of hydrogen-bond acceptors (Lipinski definition) is 5. The van der Waals surface area contributed by atoms with E-state index in [4.69, 9.17) is 9.41 Å². The highest BCUT2D eigenvalue weighted by Crippen LogP contribution is 2.40. The van der Waals surface area contributed by atoms with Crippen LogP contribution in [0.3, 0.4) is 0 Å². The maximum absolute atomic E-state index is 13.3. The van der Waals surface area contributed by atoms with Gasteiger partial charge in [0.25, 0.3) is 5.91 Å². The van der Waals surface area contributed by atoms with Gasteiger partial charge < -0.3 is 19.6 Å². The first kappa shape index (κ1) is 25.8. The van der Waals surface area contributed by atoms with Crippen LogP contribution < -0.4 is 10.6 Å². The lowest BCUT2D eigenvalue weighted by atomic mass is 9.95. The summed E-state index contributed by atoms with van der Waals surface area (Å²) in [4.78, 5) is 32.1. The molecule has 0 saturated carbocycles. The molecule has 0 atom stereocenters. The standard InChI is InChI=1S/C31H27FN4O3S/c32-21-11-13-22(14-12-21)35-28(37)19-36-18-20(24-7-1-3-9-26(24)36)16-34-31-29(25-8-2-4-10-27(25)40-31)30(38)33-17-23-6-5-15-39-23/h1,3,5-7,9,11-16,18H,2,4,8,10,17,19H2,(H,33,38)(H,35,37). The van der Waals surface area contributed by atoms with E-state index in [2.05, 4.69) is 10.6 Å². The highest BCUT2D eigenvalue weighted by Gasteiger charge is 2.25. The van der Waals surface area contributed by atoms with E-state index < -0.39 is 0 Å². The third-order valence-electron chi connectivity index (χ3n) is 6.97. The van der Waals surface area contributed by atoms with Crippen LogP contribution >= 0.6 is 11.3 Å². The molecule has 1 aliphatic carbocycles. The number of hydrogen-bond donors (Lipinski definition) is 2. The lowest BCUT2D eigenvalue weighted by molar-refractivity contribution is -0.116. The minimum absolute atomic E-state index is 0.0828. The topological polar surface area (TPSA) is 88.6 Å². The van der Waals surface area contributed by atoms with Crippen LogP contribution in [0.2, 0.25) is 0 Å². The van der Waals surface area contributed by atoms with E-state index >= 15 is 0 Å². The number of benzene rings is 2. The third kappa shape index (κ3) is 5.46. The van der Waals surface area contributed by atoms with Gasteiger partial charge in [-0.15, -0.1) is 11.3 Å². The number of rotatable bonds is 8. The van der Waals surface area contributed by atoms with Crippen molar-refractivity contribution in [1.29, 1.82) is 0 Å². The molecule has 0 unspecified atom stereocenters. The highest BCUT2D eigenvalue weighted by molar-refractivity contribution is 7.16. The van der Waals surface area contributed by atoms with E-state index in [1.807, 2.05) is 41.1 Å². The van der Waals surface area contributed by atoms with Crippen LogP contribution in [0.5, 0.6) is 0 Å². The number of thiophene rings is 1. The summed E-state index contributed by atoms with van der Waals surface area (Å²) < 4.78 is 20.5. The van der Waals surface area contributed by atoms with Crippen molar-refractivity contribution in [2.75, 3.05) is 5.32 Å². The SMILES string of the molecule is O=C(Cn1cc(C=Nc2sc3c(c2C(=O)NCc2ccco2)CCCC3)c2ccccc21)Nc1ccc(F)cc1. The Kier molecular flexibility index (Phi) is 7.29. The normalized spacial score (nSPS) is 13.0. The van der Waals surface area contributed by atoms with Crippen LogP contribution in [0.15, 0.2) is 82.5 Å². The summed E-state index contributed by atoms with van der Waals surface area (Å²) in [6, 6.07) is 17.1. The van der Waals surface area contributed by atoms with Gasteiger partial charge in [-0.05, 0) is 73.7 Å². The van der Waals surface area contributed by atoms with Gasteiger partial charge in [0, 0.05) is 39.4 Å². The number of nitrogens with zero attached hydrogens (tertiary/aromatic N) is 2. The lowest BCUT2D eigenvalue weighted by Crippen LogP contribution is -2.23. The van der Waals surface area contributed by atoms with Gasteiger partial charge in [0.2, 0.25) is 5.91 Å². The van der Waals surface area contributed by atoms with Gasteiger partial charge in [0.05, 0.1) is 18.4 Å². The smallest absolute Gasteiger partial charge is 0.255 e. The summed E-state index contributed by atoms with van der Waals surface area (Å²) in [7, 11) is 0. The van der Waals surface area contributed by atoms with E-state index in [0.29, 0.717) is 28.6 Å². The molecule has 0 bridgehead atoms. The van der Waals surface area contributed by atoms with Crippen LogP contribution in [0.4, 0.5) is 15.1 Å². The molecule has 2 N–H and O–H groups in total. The number of para-hydroxylation sites is 1. The van der Waals surface area contributed by atoms with E-state index in [-0.39, 0.29) is 24.2 Å². The maximum atomic E-state index is 13.3. The Labute approximate surface area is 234 Å². The molecule has 0 fully saturated rings. The number of aliphatic imine (C=N–C) groups is 1. The molecule has 3 heterocycles. The summed E-state index contributed by atoms with van der Waals surface area (Å²) in [6.07, 6.45) is 9.24. The number of amides is 2. The van der Waals surface area contributed by atoms with Crippen molar-refractivity contribution in [3.63, 3.8) is 0 Å². The fraction of sp³-hybridized carbons (Fsp3) is 0.194. The average molecular weight is 555 g/mol. The first-order chi connectivity index (χ1) is 19.5. The summed E-state index contributed by atoms with van der Waals surface area (Å²) in [5, 5.41) is 7.43. The Bertz CT molecular complexity index is 1700. The number of halogens is 1. The highest BCUT2D eigenvalue weighted by atomic mass is 32.1. The van der Waals surface area contributed by atoms with Crippen molar-refractivity contribution in [2.45, 2.75) is 38.8 Å².